The SMILES string of the molecule is C[C@@H](CC(=O)O)[C@H](N)C(=O)O.Cl. The summed E-state index contributed by atoms with van der Waals surface area (Å²) in [7, 11) is 0. The highest BCUT2D eigenvalue weighted by atomic mass is 35.5. The number of halogens is 1. The molecule has 0 saturated heterocycles. The summed E-state index contributed by atoms with van der Waals surface area (Å²) in [5, 5.41) is 16.6. The van der Waals surface area contributed by atoms with Gasteiger partial charge in [-0.05, 0) is 5.92 Å². The Morgan fingerprint density at radius 1 is 1.42 bits per heavy atom. The van der Waals surface area contributed by atoms with E-state index in [1.165, 1.54) is 6.92 Å². The predicted molar refractivity (Wildman–Crippen MR) is 44.3 cm³/mol. The minimum absolute atomic E-state index is 0. The summed E-state index contributed by atoms with van der Waals surface area (Å²) in [6.45, 7) is 1.49. The van der Waals surface area contributed by atoms with E-state index >= 15 is 0 Å². The van der Waals surface area contributed by atoms with E-state index < -0.39 is 23.9 Å². The van der Waals surface area contributed by atoms with E-state index in [4.69, 9.17) is 15.9 Å². The number of nitrogens with two attached hydrogens (primary N) is 1. The number of carboxylic acids is 2. The minimum Gasteiger partial charge on any atom is -0.481 e. The lowest BCUT2D eigenvalue weighted by Crippen LogP contribution is -2.37. The molecule has 0 fully saturated rings. The molecule has 0 bridgehead atoms. The molecule has 0 unspecified atom stereocenters. The van der Waals surface area contributed by atoms with Crippen molar-refractivity contribution >= 4 is 24.3 Å². The van der Waals surface area contributed by atoms with Crippen LogP contribution in [0.4, 0.5) is 0 Å². The van der Waals surface area contributed by atoms with E-state index in [0.29, 0.717) is 0 Å². The fraction of sp³-hybridized carbons (Fsp3) is 0.667. The van der Waals surface area contributed by atoms with Gasteiger partial charge in [0, 0.05) is 6.42 Å². The lowest BCUT2D eigenvalue weighted by atomic mass is 10.00. The third-order valence-corrected chi connectivity index (χ3v) is 1.39. The number of carbonyl (C=O) groups is 2. The molecule has 0 aliphatic heterocycles. The topological polar surface area (TPSA) is 101 Å². The van der Waals surface area contributed by atoms with E-state index in [9.17, 15) is 9.59 Å². The van der Waals surface area contributed by atoms with Crippen molar-refractivity contribution in [1.29, 1.82) is 0 Å². The van der Waals surface area contributed by atoms with Crippen molar-refractivity contribution < 1.29 is 19.8 Å². The zero-order valence-electron chi connectivity index (χ0n) is 6.56. The monoisotopic (exact) mass is 197 g/mol. The van der Waals surface area contributed by atoms with E-state index in [-0.39, 0.29) is 18.8 Å². The van der Waals surface area contributed by atoms with Gasteiger partial charge in [-0.25, -0.2) is 0 Å². The molecule has 0 radical (unpaired) electrons. The normalized spacial score (nSPS) is 14.2. The standard InChI is InChI=1S/C6H11NO4.ClH/c1-3(2-4(8)9)5(7)6(10)11;/h3,5H,2,7H2,1H3,(H,8,9)(H,10,11);1H/t3-,5-;/m0./s1. The van der Waals surface area contributed by atoms with Crippen molar-refractivity contribution in [3.05, 3.63) is 0 Å². The van der Waals surface area contributed by atoms with Gasteiger partial charge in [0.1, 0.15) is 6.04 Å². The maximum atomic E-state index is 10.2. The summed E-state index contributed by atoms with van der Waals surface area (Å²) in [4.78, 5) is 20.3. The Bertz CT molecular complexity index is 173. The fourth-order valence-electron chi connectivity index (χ4n) is 0.646. The Kier molecular flexibility index (Phi) is 6.64. The van der Waals surface area contributed by atoms with Crippen LogP contribution in [0.1, 0.15) is 13.3 Å². The molecule has 0 amide bonds. The lowest BCUT2D eigenvalue weighted by molar-refractivity contribution is -0.141. The maximum absolute atomic E-state index is 10.2. The summed E-state index contributed by atoms with van der Waals surface area (Å²) in [5.41, 5.74) is 5.15. The van der Waals surface area contributed by atoms with Crippen LogP contribution in [0.3, 0.4) is 0 Å². The maximum Gasteiger partial charge on any atom is 0.320 e. The first-order valence-corrected chi connectivity index (χ1v) is 3.15. The second kappa shape index (κ2) is 5.79. The Morgan fingerprint density at radius 2 is 1.83 bits per heavy atom. The molecule has 0 aromatic heterocycles. The van der Waals surface area contributed by atoms with Crippen LogP contribution < -0.4 is 5.73 Å². The molecule has 6 heteroatoms. The van der Waals surface area contributed by atoms with Crippen LogP contribution >= 0.6 is 12.4 Å². The first kappa shape index (κ1) is 13.8. The molecule has 0 aliphatic rings. The number of hydrogen-bond acceptors (Lipinski definition) is 3. The molecule has 2 atom stereocenters. The fourth-order valence-corrected chi connectivity index (χ4v) is 0.646. The molecule has 5 nitrogen and oxygen atoms in total. The van der Waals surface area contributed by atoms with Crippen LogP contribution in [0.25, 0.3) is 0 Å². The molecule has 0 rings (SSSR count). The minimum atomic E-state index is -1.17. The Labute approximate surface area is 76.0 Å². The van der Waals surface area contributed by atoms with Crippen LogP contribution in [0.2, 0.25) is 0 Å². The number of hydrogen-bond donors (Lipinski definition) is 3. The average Bonchev–Trinajstić information content (AvgIpc) is 1.84. The molecule has 0 saturated carbocycles. The van der Waals surface area contributed by atoms with Gasteiger partial charge in [0.25, 0.3) is 0 Å². The highest BCUT2D eigenvalue weighted by molar-refractivity contribution is 5.85. The van der Waals surface area contributed by atoms with Gasteiger partial charge in [-0.1, -0.05) is 6.92 Å². The number of rotatable bonds is 4. The summed E-state index contributed by atoms with van der Waals surface area (Å²) in [6, 6.07) is -1.09. The van der Waals surface area contributed by atoms with Gasteiger partial charge in [0.2, 0.25) is 0 Å². The lowest BCUT2D eigenvalue weighted by Gasteiger charge is -2.12. The summed E-state index contributed by atoms with van der Waals surface area (Å²) >= 11 is 0. The summed E-state index contributed by atoms with van der Waals surface area (Å²) < 4.78 is 0. The second-order valence-electron chi connectivity index (χ2n) is 2.44. The van der Waals surface area contributed by atoms with E-state index in [0.717, 1.165) is 0 Å². The molecule has 4 N–H and O–H groups in total. The molecule has 0 aliphatic carbocycles. The third-order valence-electron chi connectivity index (χ3n) is 1.39. The highest BCUT2D eigenvalue weighted by Gasteiger charge is 2.21. The molecular weight excluding hydrogens is 186 g/mol. The van der Waals surface area contributed by atoms with Crippen molar-refractivity contribution in [3.63, 3.8) is 0 Å². The van der Waals surface area contributed by atoms with Crippen molar-refractivity contribution in [1.82, 2.24) is 0 Å². The Morgan fingerprint density at radius 3 is 2.08 bits per heavy atom. The predicted octanol–water partition coefficient (Wildman–Crippen LogP) is -0.0691. The summed E-state index contributed by atoms with van der Waals surface area (Å²) in [5.74, 6) is -2.74. The molecular formula is C6H12ClNO4. The second-order valence-corrected chi connectivity index (χ2v) is 2.44. The van der Waals surface area contributed by atoms with Crippen LogP contribution in [0, 0.1) is 5.92 Å². The van der Waals surface area contributed by atoms with Gasteiger partial charge >= 0.3 is 11.9 Å². The Hall–Kier alpha value is -0.810. The van der Waals surface area contributed by atoms with Gasteiger partial charge in [-0.2, -0.15) is 0 Å². The quantitative estimate of drug-likeness (QED) is 0.586. The molecule has 0 spiro atoms. The average molecular weight is 198 g/mol. The zero-order valence-corrected chi connectivity index (χ0v) is 7.37. The zero-order chi connectivity index (χ0) is 9.02. The molecule has 72 valence electrons. The van der Waals surface area contributed by atoms with Gasteiger partial charge in [0.05, 0.1) is 0 Å². The molecule has 12 heavy (non-hydrogen) atoms. The number of carboxylic acid groups (broad SMARTS) is 2. The van der Waals surface area contributed by atoms with Crippen molar-refractivity contribution in [2.45, 2.75) is 19.4 Å². The largest absolute Gasteiger partial charge is 0.481 e. The van der Waals surface area contributed by atoms with E-state index in [1.807, 2.05) is 0 Å². The van der Waals surface area contributed by atoms with E-state index in [2.05, 4.69) is 0 Å². The van der Waals surface area contributed by atoms with Crippen molar-refractivity contribution in [3.8, 4) is 0 Å². The number of aliphatic carboxylic acids is 2. The first-order chi connectivity index (χ1) is 4.95. The molecule has 0 aromatic carbocycles. The van der Waals surface area contributed by atoms with Gasteiger partial charge in [-0.15, -0.1) is 12.4 Å². The summed E-state index contributed by atoms with van der Waals surface area (Å²) in [6.07, 6.45) is -0.215. The van der Waals surface area contributed by atoms with Gasteiger partial charge in [0.15, 0.2) is 0 Å². The van der Waals surface area contributed by atoms with Crippen LogP contribution in [-0.2, 0) is 9.59 Å². The first-order valence-electron chi connectivity index (χ1n) is 3.15. The van der Waals surface area contributed by atoms with Crippen LogP contribution in [0.5, 0.6) is 0 Å². The van der Waals surface area contributed by atoms with Crippen LogP contribution in [-0.4, -0.2) is 28.2 Å². The molecule has 0 aromatic rings. The molecule has 0 heterocycles. The van der Waals surface area contributed by atoms with Crippen LogP contribution in [0.15, 0.2) is 0 Å². The smallest absolute Gasteiger partial charge is 0.320 e. The van der Waals surface area contributed by atoms with Gasteiger partial charge in [-0.3, -0.25) is 9.59 Å². The van der Waals surface area contributed by atoms with E-state index in [1.54, 1.807) is 0 Å². The highest BCUT2D eigenvalue weighted by Crippen LogP contribution is 2.05. The third kappa shape index (κ3) is 4.92. The van der Waals surface area contributed by atoms with Crippen molar-refractivity contribution in [2.75, 3.05) is 0 Å². The Balaban J connectivity index is 0. The van der Waals surface area contributed by atoms with Crippen molar-refractivity contribution in [2.24, 2.45) is 11.7 Å². The van der Waals surface area contributed by atoms with Gasteiger partial charge < -0.3 is 15.9 Å².